The third kappa shape index (κ3) is 2.93. The van der Waals surface area contributed by atoms with Gasteiger partial charge in [0.1, 0.15) is 5.82 Å². The molecule has 0 bridgehead atoms. The number of rotatable bonds is 3. The first-order chi connectivity index (χ1) is 8.93. The fraction of sp³-hybridized carbons (Fsp3) is 0.583. The van der Waals surface area contributed by atoms with E-state index >= 15 is 0 Å². The van der Waals surface area contributed by atoms with Crippen LogP contribution in [0.5, 0.6) is 0 Å². The van der Waals surface area contributed by atoms with E-state index < -0.39 is 4.92 Å². The van der Waals surface area contributed by atoms with Gasteiger partial charge in [0.2, 0.25) is 5.82 Å². The second-order valence-corrected chi connectivity index (χ2v) is 5.59. The Bertz CT molecular complexity index is 479. The highest BCUT2D eigenvalue weighted by Crippen LogP contribution is 2.35. The third-order valence-electron chi connectivity index (χ3n) is 3.62. The lowest BCUT2D eigenvalue weighted by atomic mass is 9.83. The Kier molecular flexibility index (Phi) is 3.57. The van der Waals surface area contributed by atoms with Crippen molar-refractivity contribution in [3.05, 3.63) is 22.2 Å². The molecule has 0 atom stereocenters. The minimum Gasteiger partial charge on any atom is -0.351 e. The van der Waals surface area contributed by atoms with Crippen molar-refractivity contribution in [3.8, 4) is 0 Å². The second-order valence-electron chi connectivity index (χ2n) is 5.59. The SMILES string of the molecule is CC1(C)CCN(c2nc(NN)ccc2[N+](=O)[O-])CC1. The van der Waals surface area contributed by atoms with Gasteiger partial charge in [0.15, 0.2) is 0 Å². The number of pyridine rings is 1. The molecule has 1 aliphatic heterocycles. The van der Waals surface area contributed by atoms with Crippen molar-refractivity contribution in [3.63, 3.8) is 0 Å². The molecule has 1 aliphatic rings. The van der Waals surface area contributed by atoms with Crippen molar-refractivity contribution in [2.45, 2.75) is 26.7 Å². The average molecular weight is 265 g/mol. The van der Waals surface area contributed by atoms with Crippen LogP contribution in [-0.4, -0.2) is 23.0 Å². The van der Waals surface area contributed by atoms with Crippen molar-refractivity contribution < 1.29 is 4.92 Å². The monoisotopic (exact) mass is 265 g/mol. The number of aromatic nitrogens is 1. The molecule has 104 valence electrons. The fourth-order valence-corrected chi connectivity index (χ4v) is 2.22. The van der Waals surface area contributed by atoms with Crippen LogP contribution in [0.25, 0.3) is 0 Å². The molecule has 1 aromatic rings. The molecule has 0 amide bonds. The molecular weight excluding hydrogens is 246 g/mol. The molecular formula is C12H19N5O2. The molecule has 0 aromatic carbocycles. The van der Waals surface area contributed by atoms with Gasteiger partial charge in [0, 0.05) is 19.2 Å². The first kappa shape index (κ1) is 13.5. The summed E-state index contributed by atoms with van der Waals surface area (Å²) in [5.74, 6) is 6.15. The van der Waals surface area contributed by atoms with Gasteiger partial charge in [0.05, 0.1) is 4.92 Å². The molecule has 19 heavy (non-hydrogen) atoms. The maximum absolute atomic E-state index is 11.1. The van der Waals surface area contributed by atoms with Crippen LogP contribution in [0.1, 0.15) is 26.7 Å². The topological polar surface area (TPSA) is 97.3 Å². The molecule has 0 spiro atoms. The molecule has 2 rings (SSSR count). The number of hydrogen-bond donors (Lipinski definition) is 2. The van der Waals surface area contributed by atoms with Gasteiger partial charge in [-0.3, -0.25) is 10.1 Å². The van der Waals surface area contributed by atoms with E-state index in [1.807, 2.05) is 4.90 Å². The predicted octanol–water partition coefficient (Wildman–Crippen LogP) is 1.90. The molecule has 2 heterocycles. The molecule has 1 aromatic heterocycles. The number of nitro groups is 1. The number of anilines is 2. The standard InChI is InChI=1S/C12H19N5O2/c1-12(2)5-7-16(8-6-12)11-9(17(18)19)3-4-10(14-11)15-13/h3-4H,5-8,13H2,1-2H3,(H,14,15). The summed E-state index contributed by atoms with van der Waals surface area (Å²) in [5, 5.41) is 11.1. The van der Waals surface area contributed by atoms with E-state index in [2.05, 4.69) is 24.3 Å². The molecule has 1 fully saturated rings. The molecule has 0 saturated carbocycles. The van der Waals surface area contributed by atoms with Crippen LogP contribution >= 0.6 is 0 Å². The Morgan fingerprint density at radius 2 is 2.05 bits per heavy atom. The Hall–Kier alpha value is -1.89. The van der Waals surface area contributed by atoms with E-state index in [-0.39, 0.29) is 11.1 Å². The summed E-state index contributed by atoms with van der Waals surface area (Å²) in [7, 11) is 0. The van der Waals surface area contributed by atoms with E-state index in [1.54, 1.807) is 0 Å². The first-order valence-corrected chi connectivity index (χ1v) is 6.30. The molecule has 0 aliphatic carbocycles. The summed E-state index contributed by atoms with van der Waals surface area (Å²) in [6.45, 7) is 5.97. The van der Waals surface area contributed by atoms with Gasteiger partial charge < -0.3 is 10.3 Å². The summed E-state index contributed by atoms with van der Waals surface area (Å²) >= 11 is 0. The van der Waals surface area contributed by atoms with Crippen LogP contribution in [0.15, 0.2) is 12.1 Å². The zero-order valence-corrected chi connectivity index (χ0v) is 11.2. The number of nitrogens with two attached hydrogens (primary N) is 1. The van der Waals surface area contributed by atoms with E-state index in [9.17, 15) is 10.1 Å². The summed E-state index contributed by atoms with van der Waals surface area (Å²) in [6.07, 6.45) is 1.98. The fourth-order valence-electron chi connectivity index (χ4n) is 2.22. The highest BCUT2D eigenvalue weighted by molar-refractivity contribution is 5.61. The maximum atomic E-state index is 11.1. The van der Waals surface area contributed by atoms with Crippen molar-refractivity contribution in [1.82, 2.24) is 4.98 Å². The smallest absolute Gasteiger partial charge is 0.311 e. The molecule has 1 saturated heterocycles. The van der Waals surface area contributed by atoms with Crippen LogP contribution in [0.2, 0.25) is 0 Å². The van der Waals surface area contributed by atoms with Crippen LogP contribution in [-0.2, 0) is 0 Å². The van der Waals surface area contributed by atoms with Gasteiger partial charge in [-0.05, 0) is 24.3 Å². The summed E-state index contributed by atoms with van der Waals surface area (Å²) in [5.41, 5.74) is 2.74. The van der Waals surface area contributed by atoms with E-state index in [4.69, 9.17) is 5.84 Å². The normalized spacial score (nSPS) is 18.2. The number of piperidine rings is 1. The molecule has 7 heteroatoms. The Morgan fingerprint density at radius 3 is 2.58 bits per heavy atom. The van der Waals surface area contributed by atoms with Gasteiger partial charge in [-0.25, -0.2) is 10.8 Å². The van der Waals surface area contributed by atoms with E-state index in [0.29, 0.717) is 11.6 Å². The molecule has 0 radical (unpaired) electrons. The van der Waals surface area contributed by atoms with E-state index in [1.165, 1.54) is 12.1 Å². The van der Waals surface area contributed by atoms with Crippen LogP contribution in [0.4, 0.5) is 17.3 Å². The Balaban J connectivity index is 2.30. The molecule has 3 N–H and O–H groups in total. The highest BCUT2D eigenvalue weighted by atomic mass is 16.6. The lowest BCUT2D eigenvalue weighted by molar-refractivity contribution is -0.384. The Morgan fingerprint density at radius 1 is 1.42 bits per heavy atom. The summed E-state index contributed by atoms with van der Waals surface area (Å²) < 4.78 is 0. The summed E-state index contributed by atoms with van der Waals surface area (Å²) in [6, 6.07) is 2.95. The zero-order chi connectivity index (χ0) is 14.0. The van der Waals surface area contributed by atoms with Crippen molar-refractivity contribution in [2.75, 3.05) is 23.4 Å². The van der Waals surface area contributed by atoms with Gasteiger partial charge in [-0.1, -0.05) is 13.8 Å². The van der Waals surface area contributed by atoms with Gasteiger partial charge >= 0.3 is 5.69 Å². The quantitative estimate of drug-likeness (QED) is 0.492. The minimum atomic E-state index is -0.400. The number of nitrogens with one attached hydrogen (secondary N) is 1. The number of nitrogen functional groups attached to an aromatic ring is 1. The third-order valence-corrected chi connectivity index (χ3v) is 3.62. The van der Waals surface area contributed by atoms with Gasteiger partial charge in [-0.15, -0.1) is 0 Å². The number of hydrogen-bond acceptors (Lipinski definition) is 6. The van der Waals surface area contributed by atoms with E-state index in [0.717, 1.165) is 25.9 Å². The minimum absolute atomic E-state index is 0.0266. The van der Waals surface area contributed by atoms with Gasteiger partial charge in [-0.2, -0.15) is 0 Å². The maximum Gasteiger partial charge on any atom is 0.311 e. The summed E-state index contributed by atoms with van der Waals surface area (Å²) in [4.78, 5) is 16.9. The average Bonchev–Trinajstić information content (AvgIpc) is 2.38. The molecule has 0 unspecified atom stereocenters. The lowest BCUT2D eigenvalue weighted by Crippen LogP contribution is -2.38. The lowest BCUT2D eigenvalue weighted by Gasteiger charge is -2.37. The van der Waals surface area contributed by atoms with Crippen molar-refractivity contribution >= 4 is 17.3 Å². The van der Waals surface area contributed by atoms with Crippen LogP contribution < -0.4 is 16.2 Å². The van der Waals surface area contributed by atoms with Crippen LogP contribution in [0, 0.1) is 15.5 Å². The van der Waals surface area contributed by atoms with Crippen molar-refractivity contribution in [1.29, 1.82) is 0 Å². The predicted molar refractivity (Wildman–Crippen MR) is 73.9 cm³/mol. The van der Waals surface area contributed by atoms with Crippen molar-refractivity contribution in [2.24, 2.45) is 11.3 Å². The molecule has 7 nitrogen and oxygen atoms in total. The largest absolute Gasteiger partial charge is 0.351 e. The number of nitrogens with zero attached hydrogens (tertiary/aromatic N) is 3. The Labute approximate surface area is 111 Å². The number of hydrazine groups is 1. The first-order valence-electron chi connectivity index (χ1n) is 6.30. The second kappa shape index (κ2) is 5.00. The van der Waals surface area contributed by atoms with Gasteiger partial charge in [0.25, 0.3) is 0 Å². The van der Waals surface area contributed by atoms with Crippen LogP contribution in [0.3, 0.4) is 0 Å². The highest BCUT2D eigenvalue weighted by Gasteiger charge is 2.29. The zero-order valence-electron chi connectivity index (χ0n) is 11.2.